The van der Waals surface area contributed by atoms with Crippen molar-refractivity contribution in [3.63, 3.8) is 0 Å². The SMILES string of the molecule is F.F.F.F.F.OF.[O]=[Ta]=[O]. The van der Waals surface area contributed by atoms with Gasteiger partial charge in [0.25, 0.3) is 0 Å². The fourth-order valence-electron chi connectivity index (χ4n) is 0. The molecule has 0 heterocycles. The molecule has 0 aromatic heterocycles. The van der Waals surface area contributed by atoms with Gasteiger partial charge in [0.1, 0.15) is 0 Å². The molecule has 1 N–H and O–H groups in total. The Kier molecular flexibility index (Phi) is 6680. The molecule has 0 rings (SSSR count). The van der Waals surface area contributed by atoms with Gasteiger partial charge in [-0.25, -0.2) is 5.31 Å². The molecule has 0 fully saturated rings. The molecular formula is H6F6O3Ta. The van der Waals surface area contributed by atoms with E-state index in [0.717, 1.165) is 0 Å². The molecule has 10 heteroatoms. The van der Waals surface area contributed by atoms with Crippen LogP contribution < -0.4 is 0 Å². The first-order chi connectivity index (χ1) is 2.41. The van der Waals surface area contributed by atoms with E-state index >= 15 is 0 Å². The van der Waals surface area contributed by atoms with Gasteiger partial charge in [-0.2, -0.15) is 0 Å². The minimum atomic E-state index is -2.33. The average molecular weight is 349 g/mol. The van der Waals surface area contributed by atoms with Crippen LogP contribution >= 0.6 is 0 Å². The molecule has 0 aliphatic rings. The van der Waals surface area contributed by atoms with E-state index in [4.69, 9.17) is 16.3 Å². The number of hydrogen-bond donors (Lipinski definition) is 1. The Hall–Kier alpha value is -0.120. The van der Waals surface area contributed by atoms with Gasteiger partial charge in [-0.15, -0.1) is 0 Å². The summed E-state index contributed by atoms with van der Waals surface area (Å²) in [6.45, 7) is 0. The summed E-state index contributed by atoms with van der Waals surface area (Å²) < 4.78 is 25.6. The van der Waals surface area contributed by atoms with Gasteiger partial charge in [-0.3, -0.25) is 23.5 Å². The van der Waals surface area contributed by atoms with Gasteiger partial charge >= 0.3 is 26.2 Å². The summed E-state index contributed by atoms with van der Waals surface area (Å²) in [7, 11) is 0. The Morgan fingerprint density at radius 3 is 0.800 bits per heavy atom. The van der Waals surface area contributed by atoms with E-state index in [1.165, 1.54) is 0 Å². The van der Waals surface area contributed by atoms with Crippen molar-refractivity contribution < 1.29 is 59.6 Å². The maximum atomic E-state index is 8.56. The standard InChI is InChI=1S/FHO.5FH.2O.Ta/c1-2;;;;;;;;/h2H;5*1H;;;. The summed E-state index contributed by atoms with van der Waals surface area (Å²) in [5.41, 5.74) is 0. The third-order valence-corrected chi connectivity index (χ3v) is 0. The van der Waals surface area contributed by atoms with E-state index in [9.17, 15) is 0 Å². The molecule has 10 heavy (non-hydrogen) atoms. The average Bonchev–Trinajstić information content (AvgIpc) is 1.46. The Morgan fingerprint density at radius 2 is 0.800 bits per heavy atom. The molecule has 0 aromatic carbocycles. The van der Waals surface area contributed by atoms with Crippen LogP contribution in [0.1, 0.15) is 0 Å². The van der Waals surface area contributed by atoms with Crippen LogP contribution in [0.5, 0.6) is 0 Å². The van der Waals surface area contributed by atoms with Gasteiger partial charge in [0.2, 0.25) is 0 Å². The second-order valence-electron chi connectivity index (χ2n) is 0.0745. The van der Waals surface area contributed by atoms with E-state index in [2.05, 4.69) is 0 Å². The van der Waals surface area contributed by atoms with Crippen molar-refractivity contribution in [1.82, 2.24) is 0 Å². The van der Waals surface area contributed by atoms with E-state index in [1.807, 2.05) is 0 Å². The number of rotatable bonds is 0. The minimum absolute atomic E-state index is 0. The fraction of sp³-hybridized carbons (Fsp3) is 0. The van der Waals surface area contributed by atoms with Gasteiger partial charge in [0.15, 0.2) is 0 Å². The Balaban J connectivity index is -0.00000000246. The molecule has 0 radical (unpaired) electrons. The monoisotopic (exact) mass is 349 g/mol. The molecule has 71 valence electrons. The second kappa shape index (κ2) is 712. The van der Waals surface area contributed by atoms with Crippen LogP contribution in [0.4, 0.5) is 28.0 Å². The van der Waals surface area contributed by atoms with Crippen molar-refractivity contribution in [2.75, 3.05) is 0 Å². The van der Waals surface area contributed by atoms with Crippen LogP contribution in [0.25, 0.3) is 0 Å². The first-order valence-electron chi connectivity index (χ1n) is 0.534. The Labute approximate surface area is 60.3 Å². The topological polar surface area (TPSA) is 54.4 Å². The summed E-state index contributed by atoms with van der Waals surface area (Å²) in [6, 6.07) is 0. The number of halogens is 6. The van der Waals surface area contributed by atoms with E-state index in [1.54, 1.807) is 0 Å². The summed E-state index contributed by atoms with van der Waals surface area (Å²) in [5, 5.41) is 5.50. The maximum absolute atomic E-state index is 8.56. The molecule has 3 nitrogen and oxygen atoms in total. The molecule has 0 atom stereocenters. The summed E-state index contributed by atoms with van der Waals surface area (Å²) in [4.78, 5) is 0. The molecule has 0 spiro atoms. The quantitative estimate of drug-likeness (QED) is 0.644. The summed E-state index contributed by atoms with van der Waals surface area (Å²) in [5.74, 6) is 0. The molecule has 0 unspecified atom stereocenters. The van der Waals surface area contributed by atoms with E-state index in [-0.39, 0.29) is 23.5 Å². The molecule has 0 amide bonds. The number of hydrogen-bond acceptors (Lipinski definition) is 3. The first kappa shape index (κ1) is 93.9. The van der Waals surface area contributed by atoms with Gasteiger partial charge in [-0.05, 0) is 0 Å². The van der Waals surface area contributed by atoms with Crippen molar-refractivity contribution in [3.8, 4) is 0 Å². The third-order valence-electron chi connectivity index (χ3n) is 0. The molecular weight excluding hydrogens is 343 g/mol. The van der Waals surface area contributed by atoms with Gasteiger partial charge in [0, 0.05) is 0 Å². The normalized spacial score (nSPS) is 1.40. The Bertz CT molecular complexity index is 34.0. The zero-order chi connectivity index (χ0) is 4.71. The van der Waals surface area contributed by atoms with Crippen molar-refractivity contribution >= 4 is 0 Å². The van der Waals surface area contributed by atoms with Gasteiger partial charge in [-0.1, -0.05) is 4.53 Å². The van der Waals surface area contributed by atoms with E-state index < -0.39 is 19.7 Å². The predicted octanol–water partition coefficient (Wildman–Crippen LogP) is 0.386. The van der Waals surface area contributed by atoms with Crippen LogP contribution in [-0.4, -0.2) is 5.31 Å². The zero-order valence-electron chi connectivity index (χ0n) is 4.13. The fourth-order valence-corrected chi connectivity index (χ4v) is 0. The molecule has 0 aliphatic carbocycles. The van der Waals surface area contributed by atoms with Crippen molar-refractivity contribution in [3.05, 3.63) is 0 Å². The van der Waals surface area contributed by atoms with Crippen LogP contribution in [0.2, 0.25) is 0 Å². The first-order valence-corrected chi connectivity index (χ1v) is 3.16. The second-order valence-corrected chi connectivity index (χ2v) is 0.610. The van der Waals surface area contributed by atoms with Gasteiger partial charge in [0.05, 0.1) is 0 Å². The molecule has 0 aliphatic heterocycles. The van der Waals surface area contributed by atoms with Crippen LogP contribution in [0.15, 0.2) is 0 Å². The van der Waals surface area contributed by atoms with E-state index in [0.29, 0.717) is 0 Å². The molecule has 0 aromatic rings. The van der Waals surface area contributed by atoms with Crippen molar-refractivity contribution in [2.24, 2.45) is 0 Å². The van der Waals surface area contributed by atoms with Crippen LogP contribution in [0, 0.1) is 0 Å². The summed E-state index contributed by atoms with van der Waals surface area (Å²) in [6.07, 6.45) is 0. The predicted molar refractivity (Wildman–Crippen MR) is 17.2 cm³/mol. The molecule has 0 bridgehead atoms. The van der Waals surface area contributed by atoms with Crippen molar-refractivity contribution in [2.45, 2.75) is 0 Å². The summed E-state index contributed by atoms with van der Waals surface area (Å²) >= 11 is -2.33. The molecule has 0 saturated carbocycles. The van der Waals surface area contributed by atoms with Gasteiger partial charge < -0.3 is 0 Å². The van der Waals surface area contributed by atoms with Crippen LogP contribution in [-0.2, 0) is 26.2 Å². The Morgan fingerprint density at radius 1 is 0.800 bits per heavy atom. The van der Waals surface area contributed by atoms with Crippen molar-refractivity contribution in [1.29, 1.82) is 0 Å². The zero-order valence-corrected chi connectivity index (χ0v) is 7.34. The van der Waals surface area contributed by atoms with Crippen LogP contribution in [0.3, 0.4) is 0 Å². The molecule has 0 saturated heterocycles. The third kappa shape index (κ3) is 26000.